The van der Waals surface area contributed by atoms with Crippen LogP contribution in [-0.2, 0) is 4.79 Å². The van der Waals surface area contributed by atoms with Gasteiger partial charge in [0.05, 0.1) is 0 Å². The molecule has 0 aliphatic heterocycles. The van der Waals surface area contributed by atoms with E-state index in [1.165, 1.54) is 12.5 Å². The number of ether oxygens (including phenoxy) is 1. The fourth-order valence-electron chi connectivity index (χ4n) is 1.13. The Morgan fingerprint density at radius 2 is 2.00 bits per heavy atom. The van der Waals surface area contributed by atoms with Crippen molar-refractivity contribution in [3.05, 3.63) is 29.3 Å². The average Bonchev–Trinajstić information content (AvgIpc) is 2.12. The van der Waals surface area contributed by atoms with Gasteiger partial charge >= 0.3 is 0 Å². The number of rotatable bonds is 3. The Bertz CT molecular complexity index is 342. The summed E-state index contributed by atoms with van der Waals surface area (Å²) >= 11 is 0. The number of aryl methyl sites for hydroxylation is 1. The number of carbonyl (C=O) groups excluding carboxylic acids is 1. The zero-order valence-corrected chi connectivity index (χ0v) is 9.13. The van der Waals surface area contributed by atoms with Crippen molar-refractivity contribution in [1.82, 2.24) is 0 Å². The molecule has 1 aromatic rings. The molecule has 14 heavy (non-hydrogen) atoms. The molecule has 1 aromatic carbocycles. The molecule has 1 unspecified atom stereocenters. The van der Waals surface area contributed by atoms with Gasteiger partial charge < -0.3 is 4.74 Å². The summed E-state index contributed by atoms with van der Waals surface area (Å²) < 4.78 is 5.54. The predicted molar refractivity (Wildman–Crippen MR) is 56.7 cm³/mol. The van der Waals surface area contributed by atoms with Crippen molar-refractivity contribution >= 4 is 5.78 Å². The van der Waals surface area contributed by atoms with Gasteiger partial charge in [0.25, 0.3) is 0 Å². The fourth-order valence-corrected chi connectivity index (χ4v) is 1.13. The third-order valence-electron chi connectivity index (χ3n) is 2.43. The first-order valence-corrected chi connectivity index (χ1v) is 4.75. The van der Waals surface area contributed by atoms with Gasteiger partial charge in [-0.2, -0.15) is 0 Å². The molecule has 0 radical (unpaired) electrons. The molecule has 0 aliphatic rings. The van der Waals surface area contributed by atoms with Crippen molar-refractivity contribution in [2.75, 3.05) is 0 Å². The highest BCUT2D eigenvalue weighted by atomic mass is 16.5. The molecule has 0 saturated carbocycles. The Morgan fingerprint density at radius 1 is 1.36 bits per heavy atom. The van der Waals surface area contributed by atoms with Crippen LogP contribution in [0, 0.1) is 13.8 Å². The summed E-state index contributed by atoms with van der Waals surface area (Å²) in [5, 5.41) is 0. The van der Waals surface area contributed by atoms with Gasteiger partial charge in [-0.3, -0.25) is 4.79 Å². The van der Waals surface area contributed by atoms with Crippen molar-refractivity contribution in [3.63, 3.8) is 0 Å². The van der Waals surface area contributed by atoms with Crippen LogP contribution in [0.5, 0.6) is 5.75 Å². The van der Waals surface area contributed by atoms with Crippen LogP contribution in [0.4, 0.5) is 0 Å². The van der Waals surface area contributed by atoms with Gasteiger partial charge in [0.2, 0.25) is 0 Å². The van der Waals surface area contributed by atoms with E-state index in [4.69, 9.17) is 4.74 Å². The van der Waals surface area contributed by atoms with Crippen LogP contribution >= 0.6 is 0 Å². The predicted octanol–water partition coefficient (Wildman–Crippen LogP) is 2.66. The molecule has 76 valence electrons. The molecule has 0 aromatic heterocycles. The van der Waals surface area contributed by atoms with Crippen LogP contribution in [0.15, 0.2) is 18.2 Å². The maximum atomic E-state index is 11.0. The van der Waals surface area contributed by atoms with Crippen molar-refractivity contribution < 1.29 is 9.53 Å². The van der Waals surface area contributed by atoms with E-state index < -0.39 is 0 Å². The molecule has 0 bridgehead atoms. The Morgan fingerprint density at radius 3 is 2.57 bits per heavy atom. The first-order valence-electron chi connectivity index (χ1n) is 4.75. The van der Waals surface area contributed by atoms with Crippen molar-refractivity contribution in [3.8, 4) is 5.75 Å². The minimum Gasteiger partial charge on any atom is -0.483 e. The molecule has 0 aliphatic carbocycles. The van der Waals surface area contributed by atoms with Crippen LogP contribution in [0.1, 0.15) is 25.0 Å². The lowest BCUT2D eigenvalue weighted by molar-refractivity contribution is -0.122. The number of Topliss-reactive ketones (excluding diaryl/α,β-unsaturated/α-hetero) is 1. The second-order valence-corrected chi connectivity index (χ2v) is 3.57. The van der Waals surface area contributed by atoms with Gasteiger partial charge in [-0.1, -0.05) is 12.1 Å². The van der Waals surface area contributed by atoms with Crippen LogP contribution < -0.4 is 4.74 Å². The van der Waals surface area contributed by atoms with E-state index in [-0.39, 0.29) is 11.9 Å². The van der Waals surface area contributed by atoms with Gasteiger partial charge in [-0.05, 0) is 44.9 Å². The van der Waals surface area contributed by atoms with Gasteiger partial charge in [0, 0.05) is 0 Å². The van der Waals surface area contributed by atoms with Gasteiger partial charge in [0.1, 0.15) is 5.75 Å². The van der Waals surface area contributed by atoms with Gasteiger partial charge in [-0.25, -0.2) is 0 Å². The zero-order chi connectivity index (χ0) is 10.7. The zero-order valence-electron chi connectivity index (χ0n) is 9.13. The topological polar surface area (TPSA) is 26.3 Å². The maximum absolute atomic E-state index is 11.0. The molecule has 0 fully saturated rings. The first kappa shape index (κ1) is 10.8. The second-order valence-electron chi connectivity index (χ2n) is 3.57. The highest BCUT2D eigenvalue weighted by Gasteiger charge is 2.10. The Hall–Kier alpha value is -1.31. The molecule has 0 heterocycles. The largest absolute Gasteiger partial charge is 0.483 e. The summed E-state index contributed by atoms with van der Waals surface area (Å²) in [6.07, 6.45) is -0.365. The number of hydrogen-bond donors (Lipinski definition) is 0. The van der Waals surface area contributed by atoms with Gasteiger partial charge in [-0.15, -0.1) is 0 Å². The van der Waals surface area contributed by atoms with Crippen molar-refractivity contribution in [2.24, 2.45) is 0 Å². The van der Waals surface area contributed by atoms with Crippen LogP contribution in [-0.4, -0.2) is 11.9 Å². The molecule has 2 nitrogen and oxygen atoms in total. The van der Waals surface area contributed by atoms with Gasteiger partial charge in [0.15, 0.2) is 11.9 Å². The van der Waals surface area contributed by atoms with Crippen molar-refractivity contribution in [1.29, 1.82) is 0 Å². The van der Waals surface area contributed by atoms with E-state index in [0.29, 0.717) is 0 Å². The SMILES string of the molecule is CC(=O)C(C)Oc1cccc(C)c1C. The number of benzene rings is 1. The van der Waals surface area contributed by atoms with Crippen LogP contribution in [0.25, 0.3) is 0 Å². The molecule has 0 N–H and O–H groups in total. The second kappa shape index (κ2) is 4.27. The normalized spacial score (nSPS) is 12.3. The smallest absolute Gasteiger partial charge is 0.169 e. The van der Waals surface area contributed by atoms with Crippen molar-refractivity contribution in [2.45, 2.75) is 33.8 Å². The quantitative estimate of drug-likeness (QED) is 0.736. The van der Waals surface area contributed by atoms with E-state index in [2.05, 4.69) is 0 Å². The van der Waals surface area contributed by atoms with E-state index >= 15 is 0 Å². The molecule has 0 amide bonds. The Kier molecular flexibility index (Phi) is 3.28. The van der Waals surface area contributed by atoms with E-state index in [1.54, 1.807) is 6.92 Å². The Balaban J connectivity index is 2.87. The number of hydrogen-bond acceptors (Lipinski definition) is 2. The summed E-state index contributed by atoms with van der Waals surface area (Å²) in [6.45, 7) is 7.33. The monoisotopic (exact) mass is 192 g/mol. The summed E-state index contributed by atoms with van der Waals surface area (Å²) in [5.41, 5.74) is 2.28. The molecular formula is C12H16O2. The van der Waals surface area contributed by atoms with Crippen LogP contribution in [0.3, 0.4) is 0 Å². The minimum absolute atomic E-state index is 0.0471. The lowest BCUT2D eigenvalue weighted by Gasteiger charge is -2.14. The molecule has 0 spiro atoms. The molecular weight excluding hydrogens is 176 g/mol. The third kappa shape index (κ3) is 2.34. The molecule has 1 rings (SSSR count). The number of carbonyl (C=O) groups is 1. The first-order chi connectivity index (χ1) is 6.52. The summed E-state index contributed by atoms with van der Waals surface area (Å²) in [6, 6.07) is 5.85. The van der Waals surface area contributed by atoms with E-state index in [0.717, 1.165) is 11.3 Å². The standard InChI is InChI=1S/C12H16O2/c1-8-6-5-7-12(9(8)2)14-11(4)10(3)13/h5-7,11H,1-4H3. The fraction of sp³-hybridized carbons (Fsp3) is 0.417. The lowest BCUT2D eigenvalue weighted by atomic mass is 10.1. The molecule has 0 saturated heterocycles. The minimum atomic E-state index is -0.365. The highest BCUT2D eigenvalue weighted by Crippen LogP contribution is 2.21. The molecule has 2 heteroatoms. The summed E-state index contributed by atoms with van der Waals surface area (Å²) in [4.78, 5) is 11.0. The van der Waals surface area contributed by atoms with E-state index in [1.807, 2.05) is 32.0 Å². The Labute approximate surface area is 84.9 Å². The number of ketones is 1. The van der Waals surface area contributed by atoms with E-state index in [9.17, 15) is 4.79 Å². The summed E-state index contributed by atoms with van der Waals surface area (Å²) in [7, 11) is 0. The highest BCUT2D eigenvalue weighted by molar-refractivity contribution is 5.80. The molecule has 1 atom stereocenters. The van der Waals surface area contributed by atoms with Crippen LogP contribution in [0.2, 0.25) is 0 Å². The third-order valence-corrected chi connectivity index (χ3v) is 2.43. The lowest BCUT2D eigenvalue weighted by Crippen LogP contribution is -2.21. The average molecular weight is 192 g/mol. The summed E-state index contributed by atoms with van der Waals surface area (Å²) in [5.74, 6) is 0.846. The maximum Gasteiger partial charge on any atom is 0.169 e.